The minimum atomic E-state index is -0.625. The molecule has 2 amide bonds. The second kappa shape index (κ2) is 3.61. The Morgan fingerprint density at radius 3 is 2.53 bits per heavy atom. The Bertz CT molecular complexity index is 438. The highest BCUT2D eigenvalue weighted by atomic mass is 19.1. The van der Waals surface area contributed by atoms with Crippen molar-refractivity contribution < 1.29 is 14.0 Å². The molecule has 0 atom stereocenters. The predicted octanol–water partition coefficient (Wildman–Crippen LogP) is 0.646. The summed E-state index contributed by atoms with van der Waals surface area (Å²) in [5.41, 5.74) is 0.535. The second-order valence-corrected chi connectivity index (χ2v) is 3.08. The molecule has 0 saturated heterocycles. The normalized spacial score (nSPS) is 15.1. The lowest BCUT2D eigenvalue weighted by molar-refractivity contribution is -0.137. The molecule has 1 aromatic rings. The summed E-state index contributed by atoms with van der Waals surface area (Å²) in [4.78, 5) is 26.8. The van der Waals surface area contributed by atoms with Crippen LogP contribution in [0.5, 0.6) is 0 Å². The first kappa shape index (κ1) is 9.51. The number of imide groups is 1. The molecule has 1 aliphatic heterocycles. The molecule has 15 heavy (non-hydrogen) atoms. The minimum Gasteiger partial charge on any atom is -0.271 e. The van der Waals surface area contributed by atoms with E-state index in [1.807, 2.05) is 0 Å². The third kappa shape index (κ3) is 1.90. The lowest BCUT2D eigenvalue weighted by atomic mass is 10.2. The second-order valence-electron chi connectivity index (χ2n) is 3.08. The summed E-state index contributed by atoms with van der Waals surface area (Å²) in [6.07, 6.45) is 3.68. The fourth-order valence-electron chi connectivity index (χ4n) is 1.31. The van der Waals surface area contributed by atoms with Crippen molar-refractivity contribution in [3.05, 3.63) is 42.0 Å². The highest BCUT2D eigenvalue weighted by molar-refractivity contribution is 6.12. The smallest absolute Gasteiger partial charge is 0.253 e. The van der Waals surface area contributed by atoms with Gasteiger partial charge in [0.2, 0.25) is 5.95 Å². The predicted molar refractivity (Wildman–Crippen MR) is 48.9 cm³/mol. The van der Waals surface area contributed by atoms with Crippen LogP contribution in [0.1, 0.15) is 5.56 Å². The zero-order chi connectivity index (χ0) is 10.8. The molecular weight excluding hydrogens is 199 g/mol. The van der Waals surface area contributed by atoms with E-state index >= 15 is 0 Å². The number of aromatic nitrogens is 1. The van der Waals surface area contributed by atoms with Gasteiger partial charge in [-0.2, -0.15) is 4.39 Å². The van der Waals surface area contributed by atoms with Crippen molar-refractivity contribution in [2.75, 3.05) is 0 Å². The standard InChI is InChI=1S/C10H7FN2O2/c11-8-5-7(3-4-12-8)6-13-9(14)1-2-10(13)15/h1-5H,6H2. The van der Waals surface area contributed by atoms with Gasteiger partial charge in [-0.25, -0.2) is 4.98 Å². The number of carbonyl (C=O) groups is 2. The van der Waals surface area contributed by atoms with Crippen molar-refractivity contribution in [3.63, 3.8) is 0 Å². The molecule has 76 valence electrons. The summed E-state index contributed by atoms with van der Waals surface area (Å²) >= 11 is 0. The maximum absolute atomic E-state index is 12.7. The van der Waals surface area contributed by atoms with Gasteiger partial charge in [0, 0.05) is 18.3 Å². The highest BCUT2D eigenvalue weighted by Gasteiger charge is 2.23. The van der Waals surface area contributed by atoms with Gasteiger partial charge in [-0.05, 0) is 17.7 Å². The molecule has 0 aliphatic carbocycles. The van der Waals surface area contributed by atoms with Crippen molar-refractivity contribution in [1.29, 1.82) is 0 Å². The summed E-state index contributed by atoms with van der Waals surface area (Å²) in [7, 11) is 0. The van der Waals surface area contributed by atoms with E-state index in [4.69, 9.17) is 0 Å². The Balaban J connectivity index is 2.16. The molecule has 1 aromatic heterocycles. The zero-order valence-electron chi connectivity index (χ0n) is 7.68. The van der Waals surface area contributed by atoms with Crippen LogP contribution in [-0.4, -0.2) is 21.7 Å². The molecule has 0 N–H and O–H groups in total. The molecule has 0 aromatic carbocycles. The monoisotopic (exact) mass is 206 g/mol. The van der Waals surface area contributed by atoms with Gasteiger partial charge in [0.25, 0.3) is 11.8 Å². The summed E-state index contributed by atoms with van der Waals surface area (Å²) in [5.74, 6) is -1.38. The van der Waals surface area contributed by atoms with E-state index in [1.165, 1.54) is 24.4 Å². The summed E-state index contributed by atoms with van der Waals surface area (Å²) in [6.45, 7) is 0.0735. The first-order valence-corrected chi connectivity index (χ1v) is 4.31. The van der Waals surface area contributed by atoms with Crippen LogP contribution >= 0.6 is 0 Å². The number of nitrogens with zero attached hydrogens (tertiary/aromatic N) is 2. The van der Waals surface area contributed by atoms with Gasteiger partial charge in [-0.1, -0.05) is 0 Å². The lowest BCUT2D eigenvalue weighted by Gasteiger charge is -2.13. The molecule has 2 heterocycles. The van der Waals surface area contributed by atoms with E-state index in [1.54, 1.807) is 6.07 Å². The van der Waals surface area contributed by atoms with Crippen LogP contribution in [-0.2, 0) is 16.1 Å². The molecule has 1 aliphatic rings. The van der Waals surface area contributed by atoms with Gasteiger partial charge in [0.15, 0.2) is 0 Å². The van der Waals surface area contributed by atoms with Crippen LogP contribution in [0.15, 0.2) is 30.5 Å². The average Bonchev–Trinajstić information content (AvgIpc) is 2.50. The van der Waals surface area contributed by atoms with Gasteiger partial charge >= 0.3 is 0 Å². The molecule has 0 bridgehead atoms. The molecule has 0 radical (unpaired) electrons. The fourth-order valence-corrected chi connectivity index (χ4v) is 1.31. The summed E-state index contributed by atoms with van der Waals surface area (Å²) in [6, 6.07) is 2.75. The van der Waals surface area contributed by atoms with Crippen LogP contribution in [0.25, 0.3) is 0 Å². The summed E-state index contributed by atoms with van der Waals surface area (Å²) < 4.78 is 12.7. The third-order valence-electron chi connectivity index (χ3n) is 2.03. The van der Waals surface area contributed by atoms with Crippen LogP contribution < -0.4 is 0 Å². The zero-order valence-corrected chi connectivity index (χ0v) is 7.68. The molecule has 5 heteroatoms. The molecule has 0 saturated carbocycles. The van der Waals surface area contributed by atoms with Gasteiger partial charge in [0.05, 0.1) is 6.54 Å². The van der Waals surface area contributed by atoms with E-state index in [-0.39, 0.29) is 18.4 Å². The van der Waals surface area contributed by atoms with E-state index in [2.05, 4.69) is 4.98 Å². The molecule has 0 unspecified atom stereocenters. The summed E-state index contributed by atoms with van der Waals surface area (Å²) in [5, 5.41) is 0. The maximum Gasteiger partial charge on any atom is 0.253 e. The number of carbonyl (C=O) groups excluding carboxylic acids is 2. The van der Waals surface area contributed by atoms with Crippen LogP contribution in [0, 0.1) is 5.95 Å². The van der Waals surface area contributed by atoms with E-state index in [9.17, 15) is 14.0 Å². The van der Waals surface area contributed by atoms with Gasteiger partial charge in [-0.3, -0.25) is 14.5 Å². The topological polar surface area (TPSA) is 50.3 Å². The number of halogens is 1. The highest BCUT2D eigenvalue weighted by Crippen LogP contribution is 2.10. The van der Waals surface area contributed by atoms with Crippen molar-refractivity contribution in [1.82, 2.24) is 9.88 Å². The molecule has 0 spiro atoms. The SMILES string of the molecule is O=C1C=CC(=O)N1Cc1ccnc(F)c1. The number of amides is 2. The van der Waals surface area contributed by atoms with Crippen LogP contribution in [0.4, 0.5) is 4.39 Å². The van der Waals surface area contributed by atoms with Crippen molar-refractivity contribution in [2.24, 2.45) is 0 Å². The van der Waals surface area contributed by atoms with E-state index < -0.39 is 5.95 Å². The quantitative estimate of drug-likeness (QED) is 0.527. The van der Waals surface area contributed by atoms with Gasteiger partial charge in [-0.15, -0.1) is 0 Å². The van der Waals surface area contributed by atoms with Crippen LogP contribution in [0.3, 0.4) is 0 Å². The van der Waals surface area contributed by atoms with Gasteiger partial charge < -0.3 is 0 Å². The Morgan fingerprint density at radius 1 is 1.27 bits per heavy atom. The molecule has 2 rings (SSSR count). The molecular formula is C10H7FN2O2. The largest absolute Gasteiger partial charge is 0.271 e. The first-order valence-electron chi connectivity index (χ1n) is 4.31. The number of hydrogen-bond donors (Lipinski definition) is 0. The minimum absolute atomic E-state index is 0.0735. The number of hydrogen-bond acceptors (Lipinski definition) is 3. The Kier molecular flexibility index (Phi) is 2.29. The third-order valence-corrected chi connectivity index (χ3v) is 2.03. The Labute approximate surface area is 85.0 Å². The maximum atomic E-state index is 12.7. The van der Waals surface area contributed by atoms with Crippen molar-refractivity contribution in [3.8, 4) is 0 Å². The first-order chi connectivity index (χ1) is 7.16. The van der Waals surface area contributed by atoms with Crippen molar-refractivity contribution in [2.45, 2.75) is 6.54 Å². The van der Waals surface area contributed by atoms with Crippen LogP contribution in [0.2, 0.25) is 0 Å². The van der Waals surface area contributed by atoms with E-state index in [0.717, 1.165) is 4.90 Å². The molecule has 4 nitrogen and oxygen atoms in total. The molecule has 0 fully saturated rings. The Hall–Kier alpha value is -2.04. The van der Waals surface area contributed by atoms with E-state index in [0.29, 0.717) is 5.56 Å². The lowest BCUT2D eigenvalue weighted by Crippen LogP contribution is -2.29. The average molecular weight is 206 g/mol. The number of rotatable bonds is 2. The van der Waals surface area contributed by atoms with Crippen molar-refractivity contribution >= 4 is 11.8 Å². The number of pyridine rings is 1. The van der Waals surface area contributed by atoms with Gasteiger partial charge in [0.1, 0.15) is 0 Å². The fraction of sp³-hybridized carbons (Fsp3) is 0.100. The Morgan fingerprint density at radius 2 is 1.93 bits per heavy atom.